The summed E-state index contributed by atoms with van der Waals surface area (Å²) in [7, 11) is 0. The molecule has 3 heterocycles. The van der Waals surface area contributed by atoms with E-state index in [1.807, 2.05) is 36.4 Å². The summed E-state index contributed by atoms with van der Waals surface area (Å²) in [4.78, 5) is 20.6. The monoisotopic (exact) mass is 803 g/mol. The Morgan fingerprint density at radius 2 is 0.762 bits per heavy atom. The molecule has 0 fully saturated rings. The fraction of sp³-hybridized carbons (Fsp3) is 0. The topological polar surface area (TPSA) is 56.5 Å². The van der Waals surface area contributed by atoms with Gasteiger partial charge in [-0.1, -0.05) is 176 Å². The largest absolute Gasteiger partial charge is 0.309 e. The normalized spacial score (nSPS) is 11.5. The van der Waals surface area contributed by atoms with Crippen LogP contribution >= 0.6 is 0 Å². The van der Waals surface area contributed by atoms with E-state index in [9.17, 15) is 0 Å². The number of nitrogens with zero attached hydrogens (tertiary/aromatic N) is 5. The van der Waals surface area contributed by atoms with Crippen molar-refractivity contribution in [1.82, 2.24) is 24.5 Å². The molecular formula is C58H37N5. The second-order valence-corrected chi connectivity index (χ2v) is 15.8. The summed E-state index contributed by atoms with van der Waals surface area (Å²) in [6.07, 6.45) is 0. The van der Waals surface area contributed by atoms with Crippen molar-refractivity contribution < 1.29 is 0 Å². The van der Waals surface area contributed by atoms with E-state index in [0.717, 1.165) is 83.2 Å². The van der Waals surface area contributed by atoms with Crippen LogP contribution in [0.3, 0.4) is 0 Å². The minimum atomic E-state index is 0.617. The molecule has 5 heteroatoms. The van der Waals surface area contributed by atoms with Crippen molar-refractivity contribution >= 4 is 43.5 Å². The lowest BCUT2D eigenvalue weighted by atomic mass is 9.95. The Morgan fingerprint density at radius 3 is 1.43 bits per heavy atom. The maximum atomic E-state index is 5.27. The number of hydrogen-bond acceptors (Lipinski definition) is 4. The SMILES string of the molecule is c1ccc(-c2cccc(-c3nc(-c4ccccc4)nc(-c4cccc(-c5ccc6c(c5)c5c7c(ccc5n6-c5ccccc5)c(-c5ccccc5)nc5ccccc57)c4)n3)c2)cc1. The molecule has 0 aliphatic rings. The highest BCUT2D eigenvalue weighted by Crippen LogP contribution is 2.43. The molecule has 0 saturated carbocycles. The molecule has 0 saturated heterocycles. The molecule has 0 bridgehead atoms. The van der Waals surface area contributed by atoms with Crippen molar-refractivity contribution in [1.29, 1.82) is 0 Å². The first kappa shape index (κ1) is 36.3. The van der Waals surface area contributed by atoms with Crippen LogP contribution < -0.4 is 0 Å². The Balaban J connectivity index is 1.06. The highest BCUT2D eigenvalue weighted by atomic mass is 15.0. The molecule has 0 unspecified atom stereocenters. The van der Waals surface area contributed by atoms with Gasteiger partial charge in [-0.2, -0.15) is 0 Å². The lowest BCUT2D eigenvalue weighted by Gasteiger charge is -2.12. The van der Waals surface area contributed by atoms with E-state index in [4.69, 9.17) is 19.9 Å². The van der Waals surface area contributed by atoms with Crippen molar-refractivity contribution in [3.8, 4) is 73.4 Å². The van der Waals surface area contributed by atoms with E-state index in [0.29, 0.717) is 17.5 Å². The Bertz CT molecular complexity index is 3660. The zero-order valence-electron chi connectivity index (χ0n) is 34.1. The lowest BCUT2D eigenvalue weighted by Crippen LogP contribution is -2.00. The second-order valence-electron chi connectivity index (χ2n) is 15.8. The van der Waals surface area contributed by atoms with Crippen LogP contribution in [0.5, 0.6) is 0 Å². The number of fused-ring (bicyclic) bond motifs is 7. The molecule has 0 aliphatic carbocycles. The van der Waals surface area contributed by atoms with Gasteiger partial charge in [0.05, 0.1) is 22.2 Å². The van der Waals surface area contributed by atoms with Gasteiger partial charge < -0.3 is 4.57 Å². The van der Waals surface area contributed by atoms with Crippen molar-refractivity contribution in [2.75, 3.05) is 0 Å². The van der Waals surface area contributed by atoms with E-state index >= 15 is 0 Å². The molecule has 0 aliphatic heterocycles. The van der Waals surface area contributed by atoms with Gasteiger partial charge in [0.25, 0.3) is 0 Å². The van der Waals surface area contributed by atoms with Gasteiger partial charge in [0.15, 0.2) is 17.5 Å². The molecule has 294 valence electrons. The van der Waals surface area contributed by atoms with Crippen LogP contribution in [0.2, 0.25) is 0 Å². The Hall–Kier alpha value is -8.54. The Kier molecular flexibility index (Phi) is 8.75. The van der Waals surface area contributed by atoms with Crippen molar-refractivity contribution in [3.63, 3.8) is 0 Å². The highest BCUT2D eigenvalue weighted by Gasteiger charge is 2.21. The van der Waals surface area contributed by atoms with Gasteiger partial charge in [0, 0.05) is 54.9 Å². The number of aromatic nitrogens is 5. The third-order valence-electron chi connectivity index (χ3n) is 12.0. The number of benzene rings is 9. The first-order chi connectivity index (χ1) is 31.2. The summed E-state index contributed by atoms with van der Waals surface area (Å²) in [6, 6.07) is 78.7. The summed E-state index contributed by atoms with van der Waals surface area (Å²) in [5, 5.41) is 5.83. The molecular weight excluding hydrogens is 767 g/mol. The van der Waals surface area contributed by atoms with Gasteiger partial charge in [0.2, 0.25) is 0 Å². The van der Waals surface area contributed by atoms with Crippen molar-refractivity contribution in [2.24, 2.45) is 0 Å². The molecule has 0 N–H and O–H groups in total. The minimum absolute atomic E-state index is 0.617. The maximum absolute atomic E-state index is 5.27. The average molecular weight is 804 g/mol. The predicted molar refractivity (Wildman–Crippen MR) is 260 cm³/mol. The van der Waals surface area contributed by atoms with Gasteiger partial charge in [0.1, 0.15) is 0 Å². The standard InChI is InChI=1S/C58H37N5/c1-5-17-38(18-6-1)41-23-15-25-44(35-41)57-60-56(40-21-9-3-10-22-40)61-58(62-57)45-26-16-24-42(36-45)43-31-33-51-49(37-43)54-52(63(51)46-27-11-4-12-28-46)34-32-48-53(54)47-29-13-14-30-50(47)59-55(48)39-19-7-2-8-20-39/h1-37H. The summed E-state index contributed by atoms with van der Waals surface area (Å²) in [5.74, 6) is 1.87. The first-order valence-electron chi connectivity index (χ1n) is 21.2. The van der Waals surface area contributed by atoms with Crippen LogP contribution in [0, 0.1) is 0 Å². The summed E-state index contributed by atoms with van der Waals surface area (Å²) in [6.45, 7) is 0. The smallest absolute Gasteiger partial charge is 0.164 e. The average Bonchev–Trinajstić information content (AvgIpc) is 3.71. The third kappa shape index (κ3) is 6.42. The highest BCUT2D eigenvalue weighted by molar-refractivity contribution is 6.29. The fourth-order valence-corrected chi connectivity index (χ4v) is 9.06. The zero-order valence-corrected chi connectivity index (χ0v) is 34.1. The fourth-order valence-electron chi connectivity index (χ4n) is 9.06. The van der Waals surface area contributed by atoms with Crippen LogP contribution in [0.4, 0.5) is 0 Å². The third-order valence-corrected chi connectivity index (χ3v) is 12.0. The molecule has 5 nitrogen and oxygen atoms in total. The maximum Gasteiger partial charge on any atom is 0.164 e. The number of hydrogen-bond donors (Lipinski definition) is 0. The zero-order chi connectivity index (χ0) is 41.7. The van der Waals surface area contributed by atoms with E-state index < -0.39 is 0 Å². The first-order valence-corrected chi connectivity index (χ1v) is 21.2. The quantitative estimate of drug-likeness (QED) is 0.151. The molecule has 9 aromatic carbocycles. The van der Waals surface area contributed by atoms with E-state index in [1.54, 1.807) is 0 Å². The number of pyridine rings is 1. The Morgan fingerprint density at radius 1 is 0.270 bits per heavy atom. The van der Waals surface area contributed by atoms with Crippen LogP contribution in [-0.4, -0.2) is 24.5 Å². The molecule has 0 atom stereocenters. The summed E-state index contributed by atoms with van der Waals surface area (Å²) in [5.41, 5.74) is 13.6. The predicted octanol–water partition coefficient (Wildman–Crippen LogP) is 14.7. The molecule has 3 aromatic heterocycles. The number of rotatable bonds is 7. The molecule has 0 radical (unpaired) electrons. The van der Waals surface area contributed by atoms with Gasteiger partial charge >= 0.3 is 0 Å². The van der Waals surface area contributed by atoms with Crippen LogP contribution in [0.1, 0.15) is 0 Å². The van der Waals surface area contributed by atoms with Crippen LogP contribution in [-0.2, 0) is 0 Å². The molecule has 0 spiro atoms. The van der Waals surface area contributed by atoms with Crippen LogP contribution in [0.15, 0.2) is 224 Å². The Labute approximate surface area is 364 Å². The van der Waals surface area contributed by atoms with E-state index in [2.05, 4.69) is 193 Å². The summed E-state index contributed by atoms with van der Waals surface area (Å²) < 4.78 is 2.39. The minimum Gasteiger partial charge on any atom is -0.309 e. The van der Waals surface area contributed by atoms with Crippen molar-refractivity contribution in [3.05, 3.63) is 224 Å². The van der Waals surface area contributed by atoms with E-state index in [1.165, 1.54) is 16.2 Å². The van der Waals surface area contributed by atoms with Crippen molar-refractivity contribution in [2.45, 2.75) is 0 Å². The van der Waals surface area contributed by atoms with Crippen LogP contribution in [0.25, 0.3) is 117 Å². The molecule has 12 rings (SSSR count). The van der Waals surface area contributed by atoms with Gasteiger partial charge in [-0.25, -0.2) is 19.9 Å². The second kappa shape index (κ2) is 15.2. The van der Waals surface area contributed by atoms with Gasteiger partial charge in [-0.3, -0.25) is 0 Å². The molecule has 12 aromatic rings. The lowest BCUT2D eigenvalue weighted by molar-refractivity contribution is 1.07. The van der Waals surface area contributed by atoms with Gasteiger partial charge in [-0.05, 0) is 70.8 Å². The molecule has 63 heavy (non-hydrogen) atoms. The van der Waals surface area contributed by atoms with E-state index in [-0.39, 0.29) is 0 Å². The number of para-hydroxylation sites is 2. The summed E-state index contributed by atoms with van der Waals surface area (Å²) >= 11 is 0. The van der Waals surface area contributed by atoms with Gasteiger partial charge in [-0.15, -0.1) is 0 Å². The molecule has 0 amide bonds.